The van der Waals surface area contributed by atoms with Crippen LogP contribution in [-0.4, -0.2) is 50.1 Å². The first kappa shape index (κ1) is 10.4. The molecule has 0 aromatic carbocycles. The number of likely N-dealkylation sites (tertiary alicyclic amines) is 1. The highest BCUT2D eigenvalue weighted by Gasteiger charge is 2.31. The Morgan fingerprint density at radius 2 is 1.50 bits per heavy atom. The van der Waals surface area contributed by atoms with Crippen LogP contribution in [0, 0.1) is 11.8 Å². The zero-order valence-electron chi connectivity index (χ0n) is 9.87. The van der Waals surface area contributed by atoms with E-state index in [0.29, 0.717) is 0 Å². The first-order valence-corrected chi connectivity index (χ1v) is 6.00. The number of nitrogens with zero attached hydrogens (tertiary/aromatic N) is 2. The van der Waals surface area contributed by atoms with Gasteiger partial charge in [-0.25, -0.2) is 0 Å². The molecule has 2 bridgehead atoms. The van der Waals surface area contributed by atoms with E-state index < -0.39 is 0 Å². The van der Waals surface area contributed by atoms with Gasteiger partial charge in [-0.15, -0.1) is 0 Å². The molecule has 1 aliphatic carbocycles. The van der Waals surface area contributed by atoms with Gasteiger partial charge in [0, 0.05) is 19.1 Å². The van der Waals surface area contributed by atoms with Gasteiger partial charge >= 0.3 is 0 Å². The zero-order valence-corrected chi connectivity index (χ0v) is 9.87. The highest BCUT2D eigenvalue weighted by atomic mass is 15.1. The molecule has 2 atom stereocenters. The van der Waals surface area contributed by atoms with E-state index in [0.717, 1.165) is 17.9 Å². The molecular formula is C12H24N2. The van der Waals surface area contributed by atoms with Gasteiger partial charge in [-0.05, 0) is 58.7 Å². The number of rotatable bonds is 1. The molecule has 2 unspecified atom stereocenters. The summed E-state index contributed by atoms with van der Waals surface area (Å²) in [5.74, 6) is 1.92. The van der Waals surface area contributed by atoms with Crippen molar-refractivity contribution in [2.45, 2.75) is 31.7 Å². The molecule has 82 valence electrons. The third-order valence-corrected chi connectivity index (χ3v) is 4.06. The van der Waals surface area contributed by atoms with E-state index in [4.69, 9.17) is 0 Å². The summed E-state index contributed by atoms with van der Waals surface area (Å²) < 4.78 is 0. The molecule has 14 heavy (non-hydrogen) atoms. The molecule has 0 spiro atoms. The Kier molecular flexibility index (Phi) is 3.13. The van der Waals surface area contributed by atoms with E-state index in [1.807, 2.05) is 0 Å². The lowest BCUT2D eigenvalue weighted by Gasteiger charge is -2.33. The summed E-state index contributed by atoms with van der Waals surface area (Å²) >= 11 is 0. The quantitative estimate of drug-likeness (QED) is 0.629. The molecule has 2 fully saturated rings. The summed E-state index contributed by atoms with van der Waals surface area (Å²) in [6, 6.07) is 0.848. The highest BCUT2D eigenvalue weighted by Crippen LogP contribution is 2.33. The number of fused-ring (bicyclic) bond motifs is 3. The van der Waals surface area contributed by atoms with Crippen molar-refractivity contribution in [3.8, 4) is 0 Å². The zero-order chi connectivity index (χ0) is 10.1. The molecule has 2 aliphatic rings. The van der Waals surface area contributed by atoms with Gasteiger partial charge < -0.3 is 9.80 Å². The van der Waals surface area contributed by atoms with Crippen LogP contribution < -0.4 is 0 Å². The van der Waals surface area contributed by atoms with E-state index in [1.165, 1.54) is 38.8 Å². The second kappa shape index (κ2) is 4.19. The second-order valence-corrected chi connectivity index (χ2v) is 5.62. The maximum Gasteiger partial charge on any atom is 0.00953 e. The summed E-state index contributed by atoms with van der Waals surface area (Å²) in [6.07, 6.45) is 5.79. The van der Waals surface area contributed by atoms with Crippen LogP contribution in [0.25, 0.3) is 0 Å². The molecule has 2 nitrogen and oxygen atoms in total. The van der Waals surface area contributed by atoms with E-state index >= 15 is 0 Å². The Bertz CT molecular complexity index is 175. The Labute approximate surface area is 88.3 Å². The summed E-state index contributed by atoms with van der Waals surface area (Å²) in [5, 5.41) is 0. The summed E-state index contributed by atoms with van der Waals surface area (Å²) in [5.41, 5.74) is 0. The summed E-state index contributed by atoms with van der Waals surface area (Å²) in [4.78, 5) is 4.99. The lowest BCUT2D eigenvalue weighted by molar-refractivity contribution is 0.161. The maximum absolute atomic E-state index is 2.55. The molecule has 1 aliphatic heterocycles. The predicted octanol–water partition coefficient (Wildman–Crippen LogP) is 1.67. The van der Waals surface area contributed by atoms with Gasteiger partial charge in [0.2, 0.25) is 0 Å². The topological polar surface area (TPSA) is 6.48 Å². The fourth-order valence-electron chi connectivity index (χ4n) is 3.28. The monoisotopic (exact) mass is 196 g/mol. The van der Waals surface area contributed by atoms with Gasteiger partial charge in [0.05, 0.1) is 0 Å². The van der Waals surface area contributed by atoms with E-state index in [-0.39, 0.29) is 0 Å². The van der Waals surface area contributed by atoms with Gasteiger partial charge in [-0.2, -0.15) is 0 Å². The van der Waals surface area contributed by atoms with Gasteiger partial charge in [0.15, 0.2) is 0 Å². The normalized spacial score (nSPS) is 39.9. The van der Waals surface area contributed by atoms with Crippen molar-refractivity contribution in [1.29, 1.82) is 0 Å². The minimum atomic E-state index is 0.848. The first-order valence-electron chi connectivity index (χ1n) is 6.00. The van der Waals surface area contributed by atoms with Crippen molar-refractivity contribution in [2.24, 2.45) is 11.8 Å². The molecule has 2 rings (SSSR count). The van der Waals surface area contributed by atoms with Crippen LogP contribution in [0.3, 0.4) is 0 Å². The average molecular weight is 196 g/mol. The number of hydrogen-bond acceptors (Lipinski definition) is 2. The molecule has 2 heteroatoms. The fourth-order valence-corrected chi connectivity index (χ4v) is 3.28. The van der Waals surface area contributed by atoms with Crippen LogP contribution >= 0.6 is 0 Å². The molecule has 0 amide bonds. The van der Waals surface area contributed by atoms with E-state index in [2.05, 4.69) is 30.9 Å². The van der Waals surface area contributed by atoms with E-state index in [1.54, 1.807) is 0 Å². The van der Waals surface area contributed by atoms with Gasteiger partial charge in [-0.1, -0.05) is 0 Å². The predicted molar refractivity (Wildman–Crippen MR) is 60.4 cm³/mol. The Morgan fingerprint density at radius 3 is 1.93 bits per heavy atom. The maximum atomic E-state index is 2.55. The lowest BCUT2D eigenvalue weighted by atomic mass is 9.94. The highest BCUT2D eigenvalue weighted by molar-refractivity contribution is 4.85. The minimum absolute atomic E-state index is 0.848. The lowest BCUT2D eigenvalue weighted by Crippen LogP contribution is -2.38. The fraction of sp³-hybridized carbons (Fsp3) is 1.00. The van der Waals surface area contributed by atoms with Crippen molar-refractivity contribution in [3.63, 3.8) is 0 Å². The molecule has 0 aromatic heterocycles. The Hall–Kier alpha value is -0.0800. The Balaban J connectivity index is 2.05. The molecular weight excluding hydrogens is 172 g/mol. The van der Waals surface area contributed by atoms with Crippen LogP contribution in [0.1, 0.15) is 25.7 Å². The molecule has 1 saturated heterocycles. The third-order valence-electron chi connectivity index (χ3n) is 4.06. The van der Waals surface area contributed by atoms with Crippen LogP contribution in [0.4, 0.5) is 0 Å². The SMILES string of the molecule is CN1CC2CCC(CC(N(C)C)C2)C1. The van der Waals surface area contributed by atoms with Crippen molar-refractivity contribution in [1.82, 2.24) is 9.80 Å². The van der Waals surface area contributed by atoms with Crippen LogP contribution in [0.5, 0.6) is 0 Å². The van der Waals surface area contributed by atoms with Crippen molar-refractivity contribution in [2.75, 3.05) is 34.2 Å². The van der Waals surface area contributed by atoms with Gasteiger partial charge in [0.1, 0.15) is 0 Å². The molecule has 0 radical (unpaired) electrons. The van der Waals surface area contributed by atoms with Crippen molar-refractivity contribution in [3.05, 3.63) is 0 Å². The molecule has 1 heterocycles. The van der Waals surface area contributed by atoms with E-state index in [9.17, 15) is 0 Å². The molecule has 0 aromatic rings. The molecule has 1 saturated carbocycles. The van der Waals surface area contributed by atoms with Crippen LogP contribution in [-0.2, 0) is 0 Å². The van der Waals surface area contributed by atoms with Crippen LogP contribution in [0.15, 0.2) is 0 Å². The summed E-state index contributed by atoms with van der Waals surface area (Å²) in [6.45, 7) is 2.67. The largest absolute Gasteiger partial charge is 0.306 e. The van der Waals surface area contributed by atoms with Crippen molar-refractivity contribution < 1.29 is 0 Å². The third kappa shape index (κ3) is 2.29. The first-order chi connectivity index (χ1) is 6.65. The average Bonchev–Trinajstić information content (AvgIpc) is 2.34. The smallest absolute Gasteiger partial charge is 0.00953 e. The Morgan fingerprint density at radius 1 is 1.00 bits per heavy atom. The minimum Gasteiger partial charge on any atom is -0.306 e. The summed E-state index contributed by atoms with van der Waals surface area (Å²) in [7, 11) is 6.78. The van der Waals surface area contributed by atoms with Crippen LogP contribution in [0.2, 0.25) is 0 Å². The molecule has 0 N–H and O–H groups in total. The number of hydrogen-bond donors (Lipinski definition) is 0. The standard InChI is InChI=1S/C12H24N2/c1-13(2)12-6-10-4-5-11(7-12)9-14(3)8-10/h10-12H,4-9H2,1-3H3. The van der Waals surface area contributed by atoms with Gasteiger partial charge in [-0.3, -0.25) is 0 Å². The van der Waals surface area contributed by atoms with Crippen molar-refractivity contribution >= 4 is 0 Å². The second-order valence-electron chi connectivity index (χ2n) is 5.62. The van der Waals surface area contributed by atoms with Gasteiger partial charge in [0.25, 0.3) is 0 Å².